The Hall–Kier alpha value is -0.670. The molecule has 0 bridgehead atoms. The summed E-state index contributed by atoms with van der Waals surface area (Å²) in [6, 6.07) is -0.431. The molecule has 58 valence electrons. The van der Waals surface area contributed by atoms with Crippen LogP contribution in [0.2, 0.25) is 0 Å². The van der Waals surface area contributed by atoms with Crippen LogP contribution in [0.1, 0.15) is 6.92 Å². The normalized spacial score (nSPS) is 15.9. The second-order valence-corrected chi connectivity index (χ2v) is 2.15. The van der Waals surface area contributed by atoms with Gasteiger partial charge in [-0.25, -0.2) is 0 Å². The smallest absolute Gasteiger partial charge is 0.141 e. The number of hydrogen-bond acceptors (Lipinski definition) is 3. The lowest BCUT2D eigenvalue weighted by atomic mass is 10.1. The van der Waals surface area contributed by atoms with Gasteiger partial charge in [0.05, 0.1) is 12.1 Å². The summed E-state index contributed by atoms with van der Waals surface area (Å²) in [5.74, 6) is 0. The third-order valence-corrected chi connectivity index (χ3v) is 1.38. The van der Waals surface area contributed by atoms with E-state index in [1.165, 1.54) is 0 Å². The highest BCUT2D eigenvalue weighted by Gasteiger charge is 2.12. The second kappa shape index (κ2) is 4.19. The van der Waals surface area contributed by atoms with E-state index < -0.39 is 12.1 Å². The maximum absolute atomic E-state index is 10.2. The Balaban J connectivity index is 4.02. The van der Waals surface area contributed by atoms with Gasteiger partial charge in [-0.15, -0.1) is 0 Å². The number of aldehydes is 1. The average Bonchev–Trinajstić information content (AvgIpc) is 1.90. The van der Waals surface area contributed by atoms with Crippen molar-refractivity contribution in [3.8, 4) is 0 Å². The van der Waals surface area contributed by atoms with Crippen LogP contribution in [0.25, 0.3) is 0 Å². The molecule has 0 fully saturated rings. The fourth-order valence-electron chi connectivity index (χ4n) is 0.601. The van der Waals surface area contributed by atoms with Gasteiger partial charge in [0.2, 0.25) is 0 Å². The van der Waals surface area contributed by atoms with Gasteiger partial charge in [-0.05, 0) is 19.5 Å². The first-order chi connectivity index (χ1) is 4.63. The molecule has 3 nitrogen and oxygen atoms in total. The van der Waals surface area contributed by atoms with Crippen LogP contribution in [0.4, 0.5) is 0 Å². The number of aliphatic hydroxyl groups excluding tert-OH is 1. The van der Waals surface area contributed by atoms with Crippen molar-refractivity contribution in [3.05, 3.63) is 12.2 Å². The van der Waals surface area contributed by atoms with Crippen LogP contribution in [0.5, 0.6) is 0 Å². The summed E-state index contributed by atoms with van der Waals surface area (Å²) in [4.78, 5) is 10.2. The zero-order valence-electron chi connectivity index (χ0n) is 6.29. The second-order valence-electron chi connectivity index (χ2n) is 2.15. The fraction of sp³-hybridized carbons (Fsp3) is 0.571. The monoisotopic (exact) mass is 143 g/mol. The number of rotatable bonds is 4. The quantitative estimate of drug-likeness (QED) is 0.420. The molecule has 3 heteroatoms. The molecule has 0 saturated heterocycles. The van der Waals surface area contributed by atoms with Crippen molar-refractivity contribution < 1.29 is 9.90 Å². The predicted molar refractivity (Wildman–Crippen MR) is 39.7 cm³/mol. The molecule has 0 radical (unpaired) electrons. The molecule has 0 rings (SSSR count). The zero-order valence-corrected chi connectivity index (χ0v) is 6.29. The number of carbonyl (C=O) groups excluding carboxylic acids is 1. The summed E-state index contributed by atoms with van der Waals surface area (Å²) in [5.41, 5.74) is 0.498. The topological polar surface area (TPSA) is 49.3 Å². The van der Waals surface area contributed by atoms with E-state index in [1.807, 2.05) is 0 Å². The van der Waals surface area contributed by atoms with Gasteiger partial charge in [-0.3, -0.25) is 0 Å². The van der Waals surface area contributed by atoms with Crippen LogP contribution in [0.15, 0.2) is 12.2 Å². The number of likely N-dealkylation sites (N-methyl/N-ethyl adjacent to an activating group) is 1. The number of nitrogens with one attached hydrogen (secondary N) is 1. The van der Waals surface area contributed by atoms with Crippen LogP contribution in [0, 0.1) is 0 Å². The van der Waals surface area contributed by atoms with Gasteiger partial charge in [-0.1, -0.05) is 6.58 Å². The van der Waals surface area contributed by atoms with Crippen LogP contribution in [0.3, 0.4) is 0 Å². The summed E-state index contributed by atoms with van der Waals surface area (Å²) in [6.07, 6.45) is 0.0809. The van der Waals surface area contributed by atoms with E-state index in [2.05, 4.69) is 11.9 Å². The maximum atomic E-state index is 10.2. The van der Waals surface area contributed by atoms with Crippen molar-refractivity contribution in [1.82, 2.24) is 5.32 Å². The Morgan fingerprint density at radius 3 is 2.40 bits per heavy atom. The Labute approximate surface area is 60.7 Å². The molecular formula is C7H13NO2. The van der Waals surface area contributed by atoms with E-state index in [0.29, 0.717) is 5.57 Å². The summed E-state index contributed by atoms with van der Waals surface area (Å²) in [6.45, 7) is 5.13. The Morgan fingerprint density at radius 2 is 2.30 bits per heavy atom. The van der Waals surface area contributed by atoms with Gasteiger partial charge in [0.1, 0.15) is 6.29 Å². The zero-order chi connectivity index (χ0) is 8.15. The molecule has 2 atom stereocenters. The largest absolute Gasteiger partial charge is 0.389 e. The highest BCUT2D eigenvalue weighted by Crippen LogP contribution is 2.01. The SMILES string of the molecule is C=C(C(C)O)[C@@H](C=O)NC. The van der Waals surface area contributed by atoms with Gasteiger partial charge in [-0.2, -0.15) is 0 Å². The molecule has 0 saturated carbocycles. The standard InChI is InChI=1S/C7H13NO2/c1-5(6(2)10)7(4-9)8-3/h4,6-8,10H,1H2,2-3H3/t6?,7-/m1/s1. The van der Waals surface area contributed by atoms with Gasteiger partial charge in [0.25, 0.3) is 0 Å². The first kappa shape index (κ1) is 9.33. The van der Waals surface area contributed by atoms with Crippen molar-refractivity contribution in [3.63, 3.8) is 0 Å². The molecule has 0 heterocycles. The third-order valence-electron chi connectivity index (χ3n) is 1.38. The molecule has 0 aromatic carbocycles. The average molecular weight is 143 g/mol. The van der Waals surface area contributed by atoms with E-state index in [9.17, 15) is 4.79 Å². The third kappa shape index (κ3) is 2.29. The number of hydrogen-bond donors (Lipinski definition) is 2. The highest BCUT2D eigenvalue weighted by atomic mass is 16.3. The van der Waals surface area contributed by atoms with Crippen LogP contribution in [-0.4, -0.2) is 30.6 Å². The van der Waals surface area contributed by atoms with E-state index in [-0.39, 0.29) is 0 Å². The molecular weight excluding hydrogens is 130 g/mol. The summed E-state index contributed by atoms with van der Waals surface area (Å²) in [7, 11) is 1.65. The van der Waals surface area contributed by atoms with Crippen LogP contribution < -0.4 is 5.32 Å². The fourth-order valence-corrected chi connectivity index (χ4v) is 0.601. The molecule has 0 aliphatic heterocycles. The van der Waals surface area contributed by atoms with Gasteiger partial charge >= 0.3 is 0 Å². The van der Waals surface area contributed by atoms with E-state index in [1.54, 1.807) is 14.0 Å². The first-order valence-electron chi connectivity index (χ1n) is 3.12. The minimum atomic E-state index is -0.636. The van der Waals surface area contributed by atoms with Crippen molar-refractivity contribution in [2.24, 2.45) is 0 Å². The minimum Gasteiger partial charge on any atom is -0.389 e. The van der Waals surface area contributed by atoms with Crippen molar-refractivity contribution in [1.29, 1.82) is 0 Å². The maximum Gasteiger partial charge on any atom is 0.141 e. The summed E-state index contributed by atoms with van der Waals surface area (Å²) >= 11 is 0. The van der Waals surface area contributed by atoms with Crippen molar-refractivity contribution in [2.75, 3.05) is 7.05 Å². The van der Waals surface area contributed by atoms with Crippen molar-refractivity contribution >= 4 is 6.29 Å². The summed E-state index contributed by atoms with van der Waals surface area (Å²) < 4.78 is 0. The molecule has 0 spiro atoms. The Morgan fingerprint density at radius 1 is 1.80 bits per heavy atom. The molecule has 0 amide bonds. The highest BCUT2D eigenvalue weighted by molar-refractivity contribution is 5.63. The Bertz CT molecular complexity index is 132. The van der Waals surface area contributed by atoms with Crippen LogP contribution in [-0.2, 0) is 4.79 Å². The van der Waals surface area contributed by atoms with E-state index in [0.717, 1.165) is 6.29 Å². The lowest BCUT2D eigenvalue weighted by Gasteiger charge is -2.14. The van der Waals surface area contributed by atoms with Gasteiger partial charge < -0.3 is 15.2 Å². The lowest BCUT2D eigenvalue weighted by Crippen LogP contribution is -2.32. The summed E-state index contributed by atoms with van der Waals surface area (Å²) in [5, 5.41) is 11.7. The molecule has 0 aliphatic carbocycles. The molecule has 2 N–H and O–H groups in total. The molecule has 0 aliphatic rings. The number of carbonyl (C=O) groups is 1. The van der Waals surface area contributed by atoms with Crippen molar-refractivity contribution in [2.45, 2.75) is 19.1 Å². The van der Waals surface area contributed by atoms with Gasteiger partial charge in [0, 0.05) is 0 Å². The predicted octanol–water partition coefficient (Wildman–Crippen LogP) is -0.290. The Kier molecular flexibility index (Phi) is 3.91. The molecule has 0 aromatic heterocycles. The minimum absolute atomic E-state index is 0.431. The van der Waals surface area contributed by atoms with E-state index in [4.69, 9.17) is 5.11 Å². The number of aliphatic hydroxyl groups is 1. The van der Waals surface area contributed by atoms with Crippen LogP contribution >= 0.6 is 0 Å². The first-order valence-corrected chi connectivity index (χ1v) is 3.12. The van der Waals surface area contributed by atoms with Gasteiger partial charge in [0.15, 0.2) is 0 Å². The van der Waals surface area contributed by atoms with E-state index >= 15 is 0 Å². The molecule has 10 heavy (non-hydrogen) atoms. The lowest BCUT2D eigenvalue weighted by molar-refractivity contribution is -0.109. The molecule has 1 unspecified atom stereocenters. The molecule has 0 aromatic rings.